The van der Waals surface area contributed by atoms with E-state index in [2.05, 4.69) is 71.9 Å². The normalized spacial score (nSPS) is 32.7. The molecule has 0 unspecified atom stereocenters. The smallest absolute Gasteiger partial charge is 0.306 e. The lowest BCUT2D eigenvalue weighted by atomic mass is 9.47. The zero-order chi connectivity index (χ0) is 33.7. The molecule has 2 heteroatoms. The fourth-order valence-electron chi connectivity index (χ4n) is 11.1. The number of allylic oxidation sites excluding steroid dienone is 5. The van der Waals surface area contributed by atoms with Crippen LogP contribution in [0.5, 0.6) is 0 Å². The zero-order valence-electron chi connectivity index (χ0n) is 32.0. The van der Waals surface area contributed by atoms with Gasteiger partial charge in [0.25, 0.3) is 0 Å². The molecule has 0 aliphatic heterocycles. The van der Waals surface area contributed by atoms with Crippen LogP contribution in [0.4, 0.5) is 0 Å². The average Bonchev–Trinajstić information content (AvgIpc) is 3.40. The number of esters is 1. The highest BCUT2D eigenvalue weighted by atomic mass is 16.5. The van der Waals surface area contributed by atoms with Crippen LogP contribution in [-0.4, -0.2) is 12.1 Å². The van der Waals surface area contributed by atoms with E-state index < -0.39 is 0 Å². The first kappa shape index (κ1) is 38.5. The van der Waals surface area contributed by atoms with Gasteiger partial charge in [-0.3, -0.25) is 4.79 Å². The van der Waals surface area contributed by atoms with Gasteiger partial charge >= 0.3 is 5.97 Å². The molecular weight excluding hydrogens is 572 g/mol. The molecule has 4 rings (SSSR count). The lowest BCUT2D eigenvalue weighted by Gasteiger charge is -2.58. The van der Waals surface area contributed by atoms with Gasteiger partial charge in [-0.25, -0.2) is 0 Å². The Kier molecular flexibility index (Phi) is 15.7. The van der Waals surface area contributed by atoms with Crippen LogP contribution in [0, 0.1) is 46.3 Å². The van der Waals surface area contributed by atoms with Crippen LogP contribution in [-0.2, 0) is 9.53 Å². The molecule has 0 amide bonds. The van der Waals surface area contributed by atoms with Gasteiger partial charge < -0.3 is 4.74 Å². The Morgan fingerprint density at radius 3 is 2.30 bits per heavy atom. The zero-order valence-corrected chi connectivity index (χ0v) is 32.0. The number of hydrogen-bond donors (Lipinski definition) is 0. The van der Waals surface area contributed by atoms with Crippen LogP contribution < -0.4 is 0 Å². The fourth-order valence-corrected chi connectivity index (χ4v) is 11.1. The predicted molar refractivity (Wildman–Crippen MR) is 202 cm³/mol. The van der Waals surface area contributed by atoms with Crippen molar-refractivity contribution in [3.05, 3.63) is 36.0 Å². The molecule has 4 aliphatic carbocycles. The monoisotopic (exact) mass is 649 g/mol. The fraction of sp³-hybridized carbons (Fsp3) is 0.844. The molecule has 2 nitrogen and oxygen atoms in total. The maximum absolute atomic E-state index is 12.8. The Balaban J connectivity index is 1.13. The van der Waals surface area contributed by atoms with Crippen LogP contribution in [0.1, 0.15) is 189 Å². The van der Waals surface area contributed by atoms with Crippen molar-refractivity contribution in [1.29, 1.82) is 0 Å². The Morgan fingerprint density at radius 2 is 1.55 bits per heavy atom. The van der Waals surface area contributed by atoms with E-state index >= 15 is 0 Å². The highest BCUT2D eigenvalue weighted by Crippen LogP contribution is 2.67. The molecule has 0 radical (unpaired) electrons. The first-order chi connectivity index (χ1) is 22.7. The third kappa shape index (κ3) is 10.6. The Bertz CT molecular complexity index is 1020. The minimum atomic E-state index is 0.0477. The van der Waals surface area contributed by atoms with Gasteiger partial charge in [-0.15, -0.1) is 0 Å². The lowest BCUT2D eigenvalue weighted by Crippen LogP contribution is -2.51. The summed E-state index contributed by atoms with van der Waals surface area (Å²) in [6.07, 6.45) is 40.5. The Labute approximate surface area is 292 Å². The van der Waals surface area contributed by atoms with Crippen LogP contribution in [0.3, 0.4) is 0 Å². The summed E-state index contributed by atoms with van der Waals surface area (Å²) in [6, 6.07) is 0. The van der Waals surface area contributed by atoms with Crippen LogP contribution in [0.25, 0.3) is 0 Å². The van der Waals surface area contributed by atoms with E-state index in [1.807, 2.05) is 0 Å². The number of carbonyl (C=O) groups is 1. The Morgan fingerprint density at radius 1 is 0.830 bits per heavy atom. The van der Waals surface area contributed by atoms with E-state index in [0.717, 1.165) is 67.6 Å². The summed E-state index contributed by atoms with van der Waals surface area (Å²) in [6.45, 7) is 14.9. The highest BCUT2D eigenvalue weighted by molar-refractivity contribution is 5.69. The number of ether oxygens (including phenoxy) is 1. The van der Waals surface area contributed by atoms with Gasteiger partial charge in [0.15, 0.2) is 0 Å². The number of unbranched alkanes of at least 4 members (excludes halogenated alkanes) is 8. The second-order valence-corrected chi connectivity index (χ2v) is 17.6. The van der Waals surface area contributed by atoms with Gasteiger partial charge in [0.05, 0.1) is 0 Å². The number of hydrogen-bond acceptors (Lipinski definition) is 2. The van der Waals surface area contributed by atoms with Crippen molar-refractivity contribution < 1.29 is 9.53 Å². The molecular formula is C45H76O2. The van der Waals surface area contributed by atoms with Gasteiger partial charge in [-0.05, 0) is 130 Å². The van der Waals surface area contributed by atoms with Crippen LogP contribution >= 0.6 is 0 Å². The van der Waals surface area contributed by atoms with Crippen LogP contribution in [0.15, 0.2) is 36.0 Å². The standard InChI is InChI=1S/C45H76O2/c1-7-8-9-10-11-12-13-14-15-16-17-18-19-20-21-25-43(46)47-38-30-32-44(5)37(34-38)26-27-39-41-29-28-40(36(4)24-22-23-35(2)3)45(41,6)33-31-42(39)44/h11-12,14-15,26,35-36,38-42H,7-10,13,16-25,27-34H2,1-6H3/b12-11-,15-14-/t36-,38+,39-,40+,41-,42-,44-,45+/m0/s1. The first-order valence-electron chi connectivity index (χ1n) is 20.9. The molecule has 0 spiro atoms. The molecule has 0 bridgehead atoms. The summed E-state index contributed by atoms with van der Waals surface area (Å²) >= 11 is 0. The largest absolute Gasteiger partial charge is 0.462 e. The third-order valence-electron chi connectivity index (χ3n) is 13.9. The molecule has 268 valence electrons. The van der Waals surface area contributed by atoms with E-state index in [1.165, 1.54) is 109 Å². The van der Waals surface area contributed by atoms with Crippen molar-refractivity contribution in [1.82, 2.24) is 0 Å². The SMILES string of the molecule is CCCCC/C=C\C/C=C\CCCCCCCC(=O)O[C@@H]1CC[C@@]2(C)C(=CC[C@H]3[C@@H]4CC[C@H]([C@@H](C)CCCC(C)C)[C@@]4(C)CC[C@@H]32)C1. The molecule has 47 heavy (non-hydrogen) atoms. The van der Waals surface area contributed by atoms with E-state index in [1.54, 1.807) is 5.57 Å². The topological polar surface area (TPSA) is 26.3 Å². The molecule has 0 aromatic rings. The first-order valence-corrected chi connectivity index (χ1v) is 20.9. The molecule has 0 saturated heterocycles. The van der Waals surface area contributed by atoms with E-state index in [0.29, 0.717) is 17.3 Å². The van der Waals surface area contributed by atoms with Crippen molar-refractivity contribution in [2.24, 2.45) is 46.3 Å². The molecule has 3 fully saturated rings. The van der Waals surface area contributed by atoms with E-state index in [-0.39, 0.29) is 12.1 Å². The van der Waals surface area contributed by atoms with Crippen molar-refractivity contribution in [2.45, 2.75) is 195 Å². The van der Waals surface area contributed by atoms with Crippen molar-refractivity contribution in [3.8, 4) is 0 Å². The minimum absolute atomic E-state index is 0.0477. The van der Waals surface area contributed by atoms with E-state index in [9.17, 15) is 4.79 Å². The number of carbonyl (C=O) groups excluding carboxylic acids is 1. The van der Waals surface area contributed by atoms with Gasteiger partial charge in [-0.1, -0.05) is 129 Å². The molecule has 0 N–H and O–H groups in total. The summed E-state index contributed by atoms with van der Waals surface area (Å²) in [5.74, 6) is 5.30. The van der Waals surface area contributed by atoms with Crippen LogP contribution in [0.2, 0.25) is 0 Å². The van der Waals surface area contributed by atoms with Gasteiger partial charge in [0.1, 0.15) is 6.10 Å². The molecule has 0 aromatic heterocycles. The second-order valence-electron chi connectivity index (χ2n) is 17.6. The minimum Gasteiger partial charge on any atom is -0.462 e. The molecule has 0 aromatic carbocycles. The van der Waals surface area contributed by atoms with E-state index in [4.69, 9.17) is 4.74 Å². The van der Waals surface area contributed by atoms with Gasteiger partial charge in [0, 0.05) is 12.8 Å². The summed E-state index contributed by atoms with van der Waals surface area (Å²) in [5, 5.41) is 0. The maximum Gasteiger partial charge on any atom is 0.306 e. The Hall–Kier alpha value is -1.31. The highest BCUT2D eigenvalue weighted by Gasteiger charge is 2.59. The number of fused-ring (bicyclic) bond motifs is 5. The summed E-state index contributed by atoms with van der Waals surface area (Å²) < 4.78 is 6.12. The maximum atomic E-state index is 12.8. The quantitative estimate of drug-likeness (QED) is 0.0746. The predicted octanol–water partition coefficient (Wildman–Crippen LogP) is 13.8. The summed E-state index contributed by atoms with van der Waals surface area (Å²) in [4.78, 5) is 12.8. The molecule has 3 saturated carbocycles. The van der Waals surface area contributed by atoms with Crippen molar-refractivity contribution in [3.63, 3.8) is 0 Å². The molecule has 4 aliphatic rings. The summed E-state index contributed by atoms with van der Waals surface area (Å²) in [7, 11) is 0. The number of rotatable bonds is 20. The van der Waals surface area contributed by atoms with Crippen molar-refractivity contribution in [2.75, 3.05) is 0 Å². The van der Waals surface area contributed by atoms with Gasteiger partial charge in [-0.2, -0.15) is 0 Å². The average molecular weight is 649 g/mol. The van der Waals surface area contributed by atoms with Crippen molar-refractivity contribution >= 4 is 5.97 Å². The third-order valence-corrected chi connectivity index (χ3v) is 13.9. The second kappa shape index (κ2) is 19.2. The lowest BCUT2D eigenvalue weighted by molar-refractivity contribution is -0.151. The summed E-state index contributed by atoms with van der Waals surface area (Å²) in [5.41, 5.74) is 2.52. The molecule has 0 heterocycles. The molecule has 8 atom stereocenters. The van der Waals surface area contributed by atoms with Gasteiger partial charge in [0.2, 0.25) is 0 Å².